The minimum atomic E-state index is -0.497. The van der Waals surface area contributed by atoms with Gasteiger partial charge in [-0.25, -0.2) is 4.79 Å². The Balaban J connectivity index is 2.75. The van der Waals surface area contributed by atoms with Crippen LogP contribution in [0, 0.1) is 6.92 Å². The van der Waals surface area contributed by atoms with Gasteiger partial charge in [-0.3, -0.25) is 0 Å². The minimum Gasteiger partial charge on any atom is -0.507 e. The number of halogens is 1. The van der Waals surface area contributed by atoms with Gasteiger partial charge in [0.25, 0.3) is 0 Å². The molecule has 0 saturated carbocycles. The van der Waals surface area contributed by atoms with Crippen molar-refractivity contribution in [1.29, 1.82) is 0 Å². The van der Waals surface area contributed by atoms with Crippen molar-refractivity contribution < 1.29 is 14.6 Å². The normalized spacial score (nSPS) is 23.9. The molecule has 2 unspecified atom stereocenters. The molecule has 1 heterocycles. The summed E-state index contributed by atoms with van der Waals surface area (Å²) >= 11 is 6.13. The maximum absolute atomic E-state index is 11.7. The van der Waals surface area contributed by atoms with E-state index in [1.165, 1.54) is 0 Å². The van der Waals surface area contributed by atoms with Crippen LogP contribution < -0.4 is 0 Å². The van der Waals surface area contributed by atoms with E-state index in [2.05, 4.69) is 0 Å². The van der Waals surface area contributed by atoms with Crippen molar-refractivity contribution in [2.45, 2.75) is 32.8 Å². The van der Waals surface area contributed by atoms with Crippen molar-refractivity contribution in [3.8, 4) is 5.75 Å². The second-order valence-corrected chi connectivity index (χ2v) is 4.62. The van der Waals surface area contributed by atoms with Gasteiger partial charge in [-0.1, -0.05) is 18.5 Å². The van der Waals surface area contributed by atoms with Crippen LogP contribution >= 0.6 is 11.6 Å². The molecule has 0 saturated heterocycles. The molecule has 0 bridgehead atoms. The largest absolute Gasteiger partial charge is 0.507 e. The smallest absolute Gasteiger partial charge is 0.342 e. The molecule has 1 aliphatic rings. The fraction of sp³-hybridized carbons (Fsp3) is 0.417. The van der Waals surface area contributed by atoms with Crippen LogP contribution in [0.1, 0.15) is 41.3 Å². The minimum absolute atomic E-state index is 0.00769. The number of esters is 1. The van der Waals surface area contributed by atoms with Gasteiger partial charge >= 0.3 is 5.97 Å². The van der Waals surface area contributed by atoms with Crippen LogP contribution in [0.15, 0.2) is 6.07 Å². The summed E-state index contributed by atoms with van der Waals surface area (Å²) in [6.07, 6.45) is -0.223. The van der Waals surface area contributed by atoms with E-state index in [4.69, 9.17) is 16.3 Å². The predicted molar refractivity (Wildman–Crippen MR) is 61.1 cm³/mol. The zero-order valence-corrected chi connectivity index (χ0v) is 10.1. The molecule has 1 aromatic carbocycles. The summed E-state index contributed by atoms with van der Waals surface area (Å²) in [5.41, 5.74) is 1.49. The van der Waals surface area contributed by atoms with Crippen LogP contribution in [0.3, 0.4) is 0 Å². The number of benzene rings is 1. The molecule has 0 aliphatic carbocycles. The summed E-state index contributed by atoms with van der Waals surface area (Å²) in [5, 5.41) is 10.4. The zero-order valence-electron chi connectivity index (χ0n) is 9.37. The highest BCUT2D eigenvalue weighted by Gasteiger charge is 2.34. The highest BCUT2D eigenvalue weighted by atomic mass is 35.5. The van der Waals surface area contributed by atoms with E-state index in [-0.39, 0.29) is 23.3 Å². The predicted octanol–water partition coefficient (Wildman–Crippen LogP) is 3.02. The summed E-state index contributed by atoms with van der Waals surface area (Å²) in [5.74, 6) is -0.529. The van der Waals surface area contributed by atoms with Crippen molar-refractivity contribution >= 4 is 17.6 Å². The van der Waals surface area contributed by atoms with E-state index in [0.29, 0.717) is 16.1 Å². The van der Waals surface area contributed by atoms with E-state index in [1.807, 2.05) is 13.8 Å². The number of hydrogen-bond acceptors (Lipinski definition) is 3. The number of phenolic OH excluding ortho intramolecular Hbond substituents is 1. The Morgan fingerprint density at radius 2 is 2.06 bits per heavy atom. The number of rotatable bonds is 0. The van der Waals surface area contributed by atoms with Crippen molar-refractivity contribution in [2.24, 2.45) is 0 Å². The van der Waals surface area contributed by atoms with Gasteiger partial charge in [0.05, 0.1) is 0 Å². The van der Waals surface area contributed by atoms with Crippen molar-refractivity contribution in [1.82, 2.24) is 0 Å². The van der Waals surface area contributed by atoms with E-state index in [9.17, 15) is 9.90 Å². The Morgan fingerprint density at radius 3 is 2.69 bits per heavy atom. The summed E-state index contributed by atoms with van der Waals surface area (Å²) < 4.78 is 5.16. The third-order valence-corrected chi connectivity index (χ3v) is 3.45. The van der Waals surface area contributed by atoms with E-state index in [1.54, 1.807) is 13.0 Å². The zero-order chi connectivity index (χ0) is 12.0. The summed E-state index contributed by atoms with van der Waals surface area (Å²) in [7, 11) is 0. The number of ether oxygens (including phenoxy) is 1. The van der Waals surface area contributed by atoms with E-state index in [0.717, 1.165) is 0 Å². The Kier molecular flexibility index (Phi) is 2.58. The first-order valence-corrected chi connectivity index (χ1v) is 5.54. The second-order valence-electron chi connectivity index (χ2n) is 4.21. The first-order valence-electron chi connectivity index (χ1n) is 5.16. The monoisotopic (exact) mass is 240 g/mol. The van der Waals surface area contributed by atoms with Gasteiger partial charge in [0.1, 0.15) is 17.4 Å². The fourth-order valence-electron chi connectivity index (χ4n) is 2.00. The van der Waals surface area contributed by atoms with Gasteiger partial charge in [-0.15, -0.1) is 0 Å². The molecule has 1 N–H and O–H groups in total. The molecular weight excluding hydrogens is 228 g/mol. The maximum atomic E-state index is 11.7. The highest BCUT2D eigenvalue weighted by molar-refractivity contribution is 6.32. The summed E-state index contributed by atoms with van der Waals surface area (Å²) in [6.45, 7) is 5.45. The van der Waals surface area contributed by atoms with E-state index >= 15 is 0 Å². The van der Waals surface area contributed by atoms with Gasteiger partial charge in [0, 0.05) is 10.9 Å². The lowest BCUT2D eigenvalue weighted by atomic mass is 9.87. The lowest BCUT2D eigenvalue weighted by Crippen LogP contribution is -2.29. The third kappa shape index (κ3) is 1.47. The van der Waals surface area contributed by atoms with Crippen LogP contribution in [0.2, 0.25) is 5.02 Å². The standard InChI is InChI=1S/C12H13ClO3/c1-5-4-8(13)9-6(2)7(3)16-12(15)10(9)11(5)14/h4,6-7,14H,1-3H3. The van der Waals surface area contributed by atoms with Crippen molar-refractivity contribution in [2.75, 3.05) is 0 Å². The molecule has 4 heteroatoms. The van der Waals surface area contributed by atoms with Gasteiger partial charge in [0.2, 0.25) is 0 Å². The van der Waals surface area contributed by atoms with Crippen LogP contribution in [0.5, 0.6) is 5.75 Å². The molecule has 2 atom stereocenters. The molecule has 0 aromatic heterocycles. The molecule has 86 valence electrons. The number of aryl methyl sites for hydroxylation is 1. The molecule has 3 nitrogen and oxygen atoms in total. The van der Waals surface area contributed by atoms with Gasteiger partial charge in [0.15, 0.2) is 0 Å². The van der Waals surface area contributed by atoms with Crippen LogP contribution in [-0.4, -0.2) is 17.2 Å². The Hall–Kier alpha value is -1.22. The van der Waals surface area contributed by atoms with Gasteiger partial charge in [-0.2, -0.15) is 0 Å². The number of phenols is 1. The SMILES string of the molecule is Cc1cc(Cl)c2c(c1O)C(=O)OC(C)C2C. The van der Waals surface area contributed by atoms with Crippen molar-refractivity contribution in [3.05, 3.63) is 27.8 Å². The summed E-state index contributed by atoms with van der Waals surface area (Å²) in [4.78, 5) is 11.7. The molecule has 1 aliphatic heterocycles. The quantitative estimate of drug-likeness (QED) is 0.709. The van der Waals surface area contributed by atoms with Crippen LogP contribution in [0.4, 0.5) is 0 Å². The molecule has 0 spiro atoms. The Morgan fingerprint density at radius 1 is 1.44 bits per heavy atom. The van der Waals surface area contributed by atoms with Crippen LogP contribution in [0.25, 0.3) is 0 Å². The molecule has 0 radical (unpaired) electrons. The van der Waals surface area contributed by atoms with E-state index < -0.39 is 5.97 Å². The number of hydrogen-bond donors (Lipinski definition) is 1. The Labute approximate surface area is 99.0 Å². The Bertz CT molecular complexity index is 468. The first kappa shape index (κ1) is 11.3. The third-order valence-electron chi connectivity index (χ3n) is 3.14. The molecular formula is C12H13ClO3. The number of carbonyl (C=O) groups excluding carboxylic acids is 1. The molecule has 0 amide bonds. The average molecular weight is 241 g/mol. The molecule has 2 rings (SSSR count). The maximum Gasteiger partial charge on any atom is 0.342 e. The lowest BCUT2D eigenvalue weighted by Gasteiger charge is -2.29. The molecule has 16 heavy (non-hydrogen) atoms. The highest BCUT2D eigenvalue weighted by Crippen LogP contribution is 2.41. The fourth-order valence-corrected chi connectivity index (χ4v) is 2.43. The second kappa shape index (κ2) is 3.67. The number of cyclic esters (lactones) is 1. The van der Waals surface area contributed by atoms with Gasteiger partial charge < -0.3 is 9.84 Å². The summed E-state index contributed by atoms with van der Waals surface area (Å²) in [6, 6.07) is 1.68. The van der Waals surface area contributed by atoms with Gasteiger partial charge in [-0.05, 0) is 31.0 Å². The topological polar surface area (TPSA) is 46.5 Å². The lowest BCUT2D eigenvalue weighted by molar-refractivity contribution is 0.0236. The number of aromatic hydroxyl groups is 1. The molecule has 0 fully saturated rings. The first-order chi connectivity index (χ1) is 7.43. The number of carbonyl (C=O) groups is 1. The van der Waals surface area contributed by atoms with Crippen LogP contribution in [-0.2, 0) is 4.74 Å². The van der Waals surface area contributed by atoms with Crippen molar-refractivity contribution in [3.63, 3.8) is 0 Å². The average Bonchev–Trinajstić information content (AvgIpc) is 2.20. The molecule has 1 aromatic rings. The number of fused-ring (bicyclic) bond motifs is 1.